The van der Waals surface area contributed by atoms with Gasteiger partial charge in [-0.05, 0) is 19.1 Å². The molecule has 0 radical (unpaired) electrons. The van der Waals surface area contributed by atoms with E-state index in [0.717, 1.165) is 0 Å². The Morgan fingerprint density at radius 2 is 1.56 bits per heavy atom. The van der Waals surface area contributed by atoms with E-state index in [0.29, 0.717) is 11.4 Å². The molecule has 25 heavy (non-hydrogen) atoms. The summed E-state index contributed by atoms with van der Waals surface area (Å²) in [6, 6.07) is 3.11. The molecular formula is C15H13Cl6NO3. The molecule has 138 valence electrons. The van der Waals surface area contributed by atoms with E-state index in [-0.39, 0.29) is 38.0 Å². The molecule has 1 aromatic carbocycles. The lowest BCUT2D eigenvalue weighted by Crippen LogP contribution is -2.12. The van der Waals surface area contributed by atoms with Crippen molar-refractivity contribution in [1.82, 2.24) is 5.48 Å². The smallest absolute Gasteiger partial charge is 0.164 e. The van der Waals surface area contributed by atoms with Crippen molar-refractivity contribution in [3.8, 4) is 11.5 Å². The Hall–Kier alpha value is -0.460. The van der Waals surface area contributed by atoms with Crippen LogP contribution in [0.2, 0.25) is 10.0 Å². The number of hydrogen-bond acceptors (Lipinski definition) is 4. The Balaban J connectivity index is 2.65. The van der Waals surface area contributed by atoms with Gasteiger partial charge in [-0.25, -0.2) is 0 Å². The number of halogens is 6. The summed E-state index contributed by atoms with van der Waals surface area (Å²) in [7, 11) is 0. The second-order valence-electron chi connectivity index (χ2n) is 4.35. The first kappa shape index (κ1) is 22.6. The average Bonchev–Trinajstić information content (AvgIpc) is 2.50. The quantitative estimate of drug-likeness (QED) is 0.247. The lowest BCUT2D eigenvalue weighted by molar-refractivity contribution is 0.0844. The van der Waals surface area contributed by atoms with Crippen LogP contribution < -0.4 is 15.0 Å². The van der Waals surface area contributed by atoms with Crippen molar-refractivity contribution in [3.05, 3.63) is 55.3 Å². The minimum atomic E-state index is 0.108. The summed E-state index contributed by atoms with van der Waals surface area (Å²) in [5, 5.41) is 0.538. The van der Waals surface area contributed by atoms with Gasteiger partial charge in [0.15, 0.2) is 5.75 Å². The van der Waals surface area contributed by atoms with Crippen LogP contribution in [-0.4, -0.2) is 13.2 Å². The van der Waals surface area contributed by atoms with E-state index < -0.39 is 0 Å². The fourth-order valence-electron chi connectivity index (χ4n) is 1.36. The average molecular weight is 468 g/mol. The molecule has 0 bridgehead atoms. The van der Waals surface area contributed by atoms with Crippen LogP contribution in [0.1, 0.15) is 6.92 Å². The Labute approximate surface area is 175 Å². The van der Waals surface area contributed by atoms with Crippen LogP contribution >= 0.6 is 69.6 Å². The molecular weight excluding hydrogens is 455 g/mol. The number of hydroxylamine groups is 1. The van der Waals surface area contributed by atoms with Gasteiger partial charge in [-0.15, -0.1) is 0 Å². The van der Waals surface area contributed by atoms with E-state index in [1.807, 2.05) is 0 Å². The van der Waals surface area contributed by atoms with Crippen LogP contribution in [0.15, 0.2) is 45.2 Å². The van der Waals surface area contributed by atoms with Gasteiger partial charge in [-0.3, -0.25) is 10.3 Å². The molecule has 1 aromatic rings. The zero-order chi connectivity index (χ0) is 18.8. The van der Waals surface area contributed by atoms with Crippen LogP contribution in [0, 0.1) is 0 Å². The highest BCUT2D eigenvalue weighted by Crippen LogP contribution is 2.37. The van der Waals surface area contributed by atoms with Gasteiger partial charge in [-0.1, -0.05) is 69.6 Å². The lowest BCUT2D eigenvalue weighted by Gasteiger charge is -2.11. The second-order valence-corrected chi connectivity index (χ2v) is 7.18. The van der Waals surface area contributed by atoms with Crippen molar-refractivity contribution in [2.45, 2.75) is 6.92 Å². The molecule has 0 amide bonds. The zero-order valence-electron chi connectivity index (χ0n) is 12.8. The first-order valence-corrected chi connectivity index (χ1v) is 8.91. The number of nitrogens with one attached hydrogen (secondary N) is 1. The van der Waals surface area contributed by atoms with Crippen LogP contribution in [0.4, 0.5) is 0 Å². The maximum absolute atomic E-state index is 6.15. The van der Waals surface area contributed by atoms with Gasteiger partial charge in [0.2, 0.25) is 0 Å². The summed E-state index contributed by atoms with van der Waals surface area (Å²) >= 11 is 34.2. The van der Waals surface area contributed by atoms with E-state index in [1.54, 1.807) is 19.1 Å². The van der Waals surface area contributed by atoms with Gasteiger partial charge >= 0.3 is 0 Å². The Morgan fingerprint density at radius 3 is 2.12 bits per heavy atom. The molecule has 1 rings (SSSR count). The minimum Gasteiger partial charge on any atom is -0.489 e. The monoisotopic (exact) mass is 465 g/mol. The Bertz CT molecular complexity index is 644. The molecule has 0 aliphatic carbocycles. The molecule has 4 nitrogen and oxygen atoms in total. The van der Waals surface area contributed by atoms with Gasteiger partial charge in [0, 0.05) is 12.1 Å². The number of ether oxygens (including phenoxy) is 2. The molecule has 0 spiro atoms. The largest absolute Gasteiger partial charge is 0.489 e. The molecule has 0 saturated carbocycles. The van der Waals surface area contributed by atoms with Gasteiger partial charge < -0.3 is 9.47 Å². The highest BCUT2D eigenvalue weighted by atomic mass is 35.5. The molecule has 1 N–H and O–H groups in total. The number of rotatable bonds is 9. The fourth-order valence-corrected chi connectivity index (χ4v) is 2.17. The normalized spacial score (nSPS) is 10.9. The third-order valence-corrected chi connectivity index (χ3v) is 3.55. The highest BCUT2D eigenvalue weighted by molar-refractivity contribution is 6.56. The molecule has 0 fully saturated rings. The molecule has 0 unspecified atom stereocenters. The Morgan fingerprint density at radius 1 is 1.00 bits per heavy atom. The van der Waals surface area contributed by atoms with Crippen molar-refractivity contribution in [2.24, 2.45) is 0 Å². The van der Waals surface area contributed by atoms with Gasteiger partial charge in [0.25, 0.3) is 0 Å². The van der Waals surface area contributed by atoms with E-state index in [9.17, 15) is 0 Å². The highest BCUT2D eigenvalue weighted by Gasteiger charge is 2.10. The van der Waals surface area contributed by atoms with Gasteiger partial charge in [0.1, 0.15) is 27.6 Å². The maximum Gasteiger partial charge on any atom is 0.164 e. The molecule has 0 heterocycles. The summed E-state index contributed by atoms with van der Waals surface area (Å²) in [6.45, 7) is 2.07. The van der Waals surface area contributed by atoms with Crippen molar-refractivity contribution in [2.75, 3.05) is 13.2 Å². The summed E-state index contributed by atoms with van der Waals surface area (Å²) in [6.07, 6.45) is 4.35. The SMILES string of the molecule is CC(=COc1c(Cl)cc(OCC=C(Cl)Cl)cc1Cl)NOCC=C(Cl)Cl. The number of benzene rings is 1. The zero-order valence-corrected chi connectivity index (χ0v) is 17.3. The first-order valence-electron chi connectivity index (χ1n) is 6.65. The van der Waals surface area contributed by atoms with Crippen LogP contribution in [-0.2, 0) is 4.84 Å². The second kappa shape index (κ2) is 12.0. The van der Waals surface area contributed by atoms with E-state index in [4.69, 9.17) is 83.9 Å². The summed E-state index contributed by atoms with van der Waals surface area (Å²) < 4.78 is 11.1. The third kappa shape index (κ3) is 9.71. The summed E-state index contributed by atoms with van der Waals surface area (Å²) in [5.74, 6) is 0.714. The van der Waals surface area contributed by atoms with Crippen LogP contribution in [0.25, 0.3) is 0 Å². The molecule has 0 aliphatic heterocycles. The molecule has 0 atom stereocenters. The minimum absolute atomic E-state index is 0.108. The first-order chi connectivity index (χ1) is 11.8. The predicted octanol–water partition coefficient (Wildman–Crippen LogP) is 6.77. The molecule has 0 aromatic heterocycles. The van der Waals surface area contributed by atoms with Gasteiger partial charge in [-0.2, -0.15) is 0 Å². The third-order valence-electron chi connectivity index (χ3n) is 2.37. The van der Waals surface area contributed by atoms with Gasteiger partial charge in [0.05, 0.1) is 22.3 Å². The van der Waals surface area contributed by atoms with Crippen LogP contribution in [0.3, 0.4) is 0 Å². The standard InChI is InChI=1S/C15H13Cl6NO3/c1-9(22-25-5-3-14(20)21)8-24-15-11(16)6-10(7-12(15)17)23-4-2-13(18)19/h2-3,6-8,22H,4-5H2,1H3. The van der Waals surface area contributed by atoms with Crippen molar-refractivity contribution < 1.29 is 14.3 Å². The topological polar surface area (TPSA) is 39.7 Å². The van der Waals surface area contributed by atoms with Crippen molar-refractivity contribution in [1.29, 1.82) is 0 Å². The maximum atomic E-state index is 6.15. The van der Waals surface area contributed by atoms with Crippen LogP contribution in [0.5, 0.6) is 11.5 Å². The van der Waals surface area contributed by atoms with E-state index in [1.165, 1.54) is 18.4 Å². The Kier molecular flexibility index (Phi) is 10.9. The fraction of sp³-hybridized carbons (Fsp3) is 0.200. The summed E-state index contributed by atoms with van der Waals surface area (Å²) in [5.41, 5.74) is 3.19. The molecule has 0 saturated heterocycles. The van der Waals surface area contributed by atoms with E-state index in [2.05, 4.69) is 5.48 Å². The molecule has 10 heteroatoms. The van der Waals surface area contributed by atoms with Crippen molar-refractivity contribution >= 4 is 69.6 Å². The predicted molar refractivity (Wildman–Crippen MR) is 105 cm³/mol. The number of allylic oxidation sites excluding steroid dienone is 1. The summed E-state index contributed by atoms with van der Waals surface area (Å²) in [4.78, 5) is 5.08. The number of hydrogen-bond donors (Lipinski definition) is 1. The van der Waals surface area contributed by atoms with Crippen molar-refractivity contribution in [3.63, 3.8) is 0 Å². The lowest BCUT2D eigenvalue weighted by atomic mass is 10.3. The molecule has 0 aliphatic rings. The van der Waals surface area contributed by atoms with E-state index >= 15 is 0 Å².